The van der Waals surface area contributed by atoms with Gasteiger partial charge in [0.15, 0.2) is 0 Å². The third kappa shape index (κ3) is 5.23. The predicted molar refractivity (Wildman–Crippen MR) is 113 cm³/mol. The fourth-order valence-corrected chi connectivity index (χ4v) is 4.37. The van der Waals surface area contributed by atoms with Crippen molar-refractivity contribution >= 4 is 25.7 Å². The number of hydrogen-bond acceptors (Lipinski definition) is 7. The number of sulfonamides is 2. The third-order valence-electron chi connectivity index (χ3n) is 4.27. The Morgan fingerprint density at radius 1 is 1.00 bits per heavy atom. The first kappa shape index (κ1) is 21.9. The monoisotopic (exact) mass is 450 g/mol. The van der Waals surface area contributed by atoms with E-state index in [1.54, 1.807) is 50.2 Å². The van der Waals surface area contributed by atoms with Crippen molar-refractivity contribution in [2.24, 2.45) is 0 Å². The Hall–Kier alpha value is -2.76. The van der Waals surface area contributed by atoms with Crippen LogP contribution in [-0.4, -0.2) is 32.7 Å². The fraction of sp³-hybridized carbons (Fsp3) is 0.263. The summed E-state index contributed by atoms with van der Waals surface area (Å²) in [4.78, 5) is 4.39. The summed E-state index contributed by atoms with van der Waals surface area (Å²) in [6.45, 7) is 5.02. The van der Waals surface area contributed by atoms with Gasteiger partial charge in [-0.3, -0.25) is 4.72 Å². The molecule has 0 amide bonds. The van der Waals surface area contributed by atoms with Crippen LogP contribution in [0.1, 0.15) is 31.3 Å². The van der Waals surface area contributed by atoms with Gasteiger partial charge in [0.1, 0.15) is 0 Å². The van der Waals surface area contributed by atoms with E-state index in [4.69, 9.17) is 4.52 Å². The molecule has 2 N–H and O–H groups in total. The van der Waals surface area contributed by atoms with Crippen LogP contribution in [0.5, 0.6) is 0 Å². The summed E-state index contributed by atoms with van der Waals surface area (Å²) in [5.41, 5.74) is 1.97. The highest BCUT2D eigenvalue weighted by Crippen LogP contribution is 2.22. The summed E-state index contributed by atoms with van der Waals surface area (Å²) in [5.74, 6) is 0.340. The highest BCUT2D eigenvalue weighted by atomic mass is 32.2. The molecule has 1 heterocycles. The lowest BCUT2D eigenvalue weighted by molar-refractivity contribution is 0.354. The lowest BCUT2D eigenvalue weighted by Gasteiger charge is -2.10. The molecule has 0 fully saturated rings. The van der Waals surface area contributed by atoms with E-state index in [0.717, 1.165) is 5.56 Å². The second-order valence-electron chi connectivity index (χ2n) is 6.70. The van der Waals surface area contributed by atoms with Crippen LogP contribution in [0, 0.1) is 6.92 Å². The zero-order chi connectivity index (χ0) is 21.9. The summed E-state index contributed by atoms with van der Waals surface area (Å²) in [6, 6.07) is 12.2. The van der Waals surface area contributed by atoms with E-state index in [-0.39, 0.29) is 22.4 Å². The largest absolute Gasteiger partial charge is 0.337 e. The maximum Gasteiger partial charge on any atom is 0.244 e. The van der Waals surface area contributed by atoms with Crippen molar-refractivity contribution in [2.45, 2.75) is 31.7 Å². The van der Waals surface area contributed by atoms with Gasteiger partial charge in [0.2, 0.25) is 31.8 Å². The molecule has 0 bridgehead atoms. The Kier molecular flexibility index (Phi) is 6.25. The Balaban J connectivity index is 1.73. The minimum Gasteiger partial charge on any atom is -0.337 e. The van der Waals surface area contributed by atoms with Gasteiger partial charge < -0.3 is 4.52 Å². The van der Waals surface area contributed by atoms with Crippen molar-refractivity contribution in [1.29, 1.82) is 0 Å². The highest BCUT2D eigenvalue weighted by molar-refractivity contribution is 7.92. The molecule has 0 aliphatic heterocycles. The molecule has 0 aliphatic carbocycles. The number of nitrogens with one attached hydrogen (secondary N) is 2. The number of benzene rings is 2. The van der Waals surface area contributed by atoms with Crippen LogP contribution in [-0.2, 0) is 20.0 Å². The van der Waals surface area contributed by atoms with Crippen LogP contribution in [0.4, 0.5) is 5.69 Å². The summed E-state index contributed by atoms with van der Waals surface area (Å²) in [5, 5.41) is 3.88. The van der Waals surface area contributed by atoms with Gasteiger partial charge in [0, 0.05) is 11.3 Å². The van der Waals surface area contributed by atoms with E-state index in [1.165, 1.54) is 12.1 Å². The number of aryl methyl sites for hydroxylation is 1. The summed E-state index contributed by atoms with van der Waals surface area (Å²) < 4.78 is 58.5. The Labute approximate surface area is 175 Å². The van der Waals surface area contributed by atoms with Crippen molar-refractivity contribution < 1.29 is 21.4 Å². The first-order valence-corrected chi connectivity index (χ1v) is 12.3. The van der Waals surface area contributed by atoms with Crippen LogP contribution < -0.4 is 9.44 Å². The molecule has 30 heavy (non-hydrogen) atoms. The standard InChI is InChI=1S/C19H22N4O5S2/c1-4-29(24,25)23-16-9-7-15(8-10-16)18-20-19(28-21-18)14(3)22-30(26,27)17-11-5-13(2)6-12-17/h5-12,14,22-23H,4H2,1-3H3/t14-/m1/s1. The lowest BCUT2D eigenvalue weighted by Crippen LogP contribution is -2.27. The smallest absolute Gasteiger partial charge is 0.244 e. The molecule has 9 nitrogen and oxygen atoms in total. The number of hydrogen-bond donors (Lipinski definition) is 2. The van der Waals surface area contributed by atoms with Crippen molar-refractivity contribution in [1.82, 2.24) is 14.9 Å². The predicted octanol–water partition coefficient (Wildman–Crippen LogP) is 2.85. The molecule has 3 rings (SSSR count). The molecular formula is C19H22N4O5S2. The average molecular weight is 451 g/mol. The van der Waals surface area contributed by atoms with Crippen LogP contribution in [0.3, 0.4) is 0 Å². The SMILES string of the molecule is CCS(=O)(=O)Nc1ccc(-c2noc([C@@H](C)NS(=O)(=O)c3ccc(C)cc3)n2)cc1. The Morgan fingerprint density at radius 3 is 2.23 bits per heavy atom. The summed E-state index contributed by atoms with van der Waals surface area (Å²) >= 11 is 0. The minimum absolute atomic E-state index is 0.0284. The van der Waals surface area contributed by atoms with E-state index >= 15 is 0 Å². The quantitative estimate of drug-likeness (QED) is 0.539. The lowest BCUT2D eigenvalue weighted by atomic mass is 10.2. The molecule has 0 radical (unpaired) electrons. The van der Waals surface area contributed by atoms with E-state index in [2.05, 4.69) is 19.6 Å². The molecule has 1 atom stereocenters. The van der Waals surface area contributed by atoms with Gasteiger partial charge in [0.25, 0.3) is 0 Å². The highest BCUT2D eigenvalue weighted by Gasteiger charge is 2.22. The second-order valence-corrected chi connectivity index (χ2v) is 10.4. The Bertz CT molecular complexity index is 1220. The summed E-state index contributed by atoms with van der Waals surface area (Å²) in [7, 11) is -7.11. The van der Waals surface area contributed by atoms with Gasteiger partial charge >= 0.3 is 0 Å². The molecule has 0 unspecified atom stereocenters. The topological polar surface area (TPSA) is 131 Å². The molecule has 11 heteroatoms. The Morgan fingerprint density at radius 2 is 1.63 bits per heavy atom. The molecule has 160 valence electrons. The van der Waals surface area contributed by atoms with Gasteiger partial charge in [0.05, 0.1) is 16.7 Å². The van der Waals surface area contributed by atoms with Crippen molar-refractivity contribution in [2.75, 3.05) is 10.5 Å². The second kappa shape index (κ2) is 8.54. The number of nitrogens with zero attached hydrogens (tertiary/aromatic N) is 2. The maximum absolute atomic E-state index is 12.5. The zero-order valence-corrected chi connectivity index (χ0v) is 18.3. The molecule has 3 aromatic rings. The molecule has 0 aliphatic rings. The zero-order valence-electron chi connectivity index (χ0n) is 16.7. The molecular weight excluding hydrogens is 428 g/mol. The van der Waals surface area contributed by atoms with Gasteiger partial charge in [-0.15, -0.1) is 0 Å². The van der Waals surface area contributed by atoms with Gasteiger partial charge in [-0.2, -0.15) is 9.71 Å². The van der Waals surface area contributed by atoms with Gasteiger partial charge in [-0.1, -0.05) is 22.9 Å². The van der Waals surface area contributed by atoms with Gasteiger partial charge in [-0.05, 0) is 57.2 Å². The van der Waals surface area contributed by atoms with E-state index in [9.17, 15) is 16.8 Å². The molecule has 1 aromatic heterocycles. The molecule has 0 saturated carbocycles. The fourth-order valence-electron chi connectivity index (χ4n) is 2.54. The molecule has 0 saturated heterocycles. The van der Waals surface area contributed by atoms with Crippen molar-refractivity contribution in [3.63, 3.8) is 0 Å². The third-order valence-corrected chi connectivity index (χ3v) is 7.14. The van der Waals surface area contributed by atoms with Crippen LogP contribution in [0.2, 0.25) is 0 Å². The molecule has 0 spiro atoms. The number of rotatable bonds is 8. The van der Waals surface area contributed by atoms with Crippen LogP contribution >= 0.6 is 0 Å². The van der Waals surface area contributed by atoms with Crippen LogP contribution in [0.25, 0.3) is 11.4 Å². The molecule has 2 aromatic carbocycles. The van der Waals surface area contributed by atoms with E-state index < -0.39 is 26.1 Å². The number of aromatic nitrogens is 2. The first-order valence-electron chi connectivity index (χ1n) is 9.13. The van der Waals surface area contributed by atoms with E-state index in [0.29, 0.717) is 11.3 Å². The summed E-state index contributed by atoms with van der Waals surface area (Å²) in [6.07, 6.45) is 0. The number of anilines is 1. The first-order chi connectivity index (χ1) is 14.1. The maximum atomic E-state index is 12.5. The normalized spacial score (nSPS) is 13.2. The van der Waals surface area contributed by atoms with Gasteiger partial charge in [-0.25, -0.2) is 16.8 Å². The van der Waals surface area contributed by atoms with Crippen molar-refractivity contribution in [3.8, 4) is 11.4 Å². The van der Waals surface area contributed by atoms with E-state index in [1.807, 2.05) is 6.92 Å². The van der Waals surface area contributed by atoms with Crippen LogP contribution in [0.15, 0.2) is 57.9 Å². The minimum atomic E-state index is -3.75. The average Bonchev–Trinajstić information content (AvgIpc) is 3.19. The van der Waals surface area contributed by atoms with Crippen molar-refractivity contribution in [3.05, 3.63) is 60.0 Å².